The molecule has 142 valence electrons. The largest absolute Gasteiger partial charge is 0.273 e. The smallest absolute Gasteiger partial charge is 0.244 e. The quantitative estimate of drug-likeness (QED) is 0.820. The van der Waals surface area contributed by atoms with Crippen molar-refractivity contribution < 1.29 is 13.2 Å². The van der Waals surface area contributed by atoms with E-state index >= 15 is 0 Å². The predicted octanol–water partition coefficient (Wildman–Crippen LogP) is 2.83. The van der Waals surface area contributed by atoms with Gasteiger partial charge in [-0.25, -0.2) is 13.8 Å². The second-order valence-corrected chi connectivity index (χ2v) is 9.17. The van der Waals surface area contributed by atoms with E-state index in [0.717, 1.165) is 37.0 Å². The zero-order chi connectivity index (χ0) is 18.6. The average Bonchev–Trinajstić information content (AvgIpc) is 2.67. The van der Waals surface area contributed by atoms with Crippen LogP contribution in [-0.4, -0.2) is 37.4 Å². The van der Waals surface area contributed by atoms with E-state index < -0.39 is 10.0 Å². The molecule has 2 fully saturated rings. The van der Waals surface area contributed by atoms with E-state index in [1.807, 2.05) is 6.92 Å². The van der Waals surface area contributed by atoms with Gasteiger partial charge in [0.2, 0.25) is 15.9 Å². The normalized spacial score (nSPS) is 22.0. The van der Waals surface area contributed by atoms with Crippen molar-refractivity contribution >= 4 is 21.6 Å². The summed E-state index contributed by atoms with van der Waals surface area (Å²) >= 11 is 0. The van der Waals surface area contributed by atoms with Gasteiger partial charge in [0.25, 0.3) is 0 Å². The Morgan fingerprint density at radius 1 is 1.12 bits per heavy atom. The molecule has 2 aliphatic rings. The molecule has 0 spiro atoms. The van der Waals surface area contributed by atoms with Crippen LogP contribution in [0, 0.1) is 12.8 Å². The van der Waals surface area contributed by atoms with E-state index in [0.29, 0.717) is 19.4 Å². The number of hydrazone groups is 1. The first-order chi connectivity index (χ1) is 12.5. The Balaban J connectivity index is 1.64. The third-order valence-electron chi connectivity index (χ3n) is 5.17. The van der Waals surface area contributed by atoms with Crippen molar-refractivity contribution in [3.8, 4) is 0 Å². The highest BCUT2D eigenvalue weighted by Crippen LogP contribution is 2.24. The monoisotopic (exact) mass is 377 g/mol. The molecule has 0 radical (unpaired) electrons. The summed E-state index contributed by atoms with van der Waals surface area (Å²) in [7, 11) is -3.56. The number of piperidine rings is 1. The number of sulfonamides is 1. The van der Waals surface area contributed by atoms with Gasteiger partial charge in [0, 0.05) is 18.8 Å². The summed E-state index contributed by atoms with van der Waals surface area (Å²) in [5.41, 5.74) is 4.73. The van der Waals surface area contributed by atoms with E-state index in [-0.39, 0.29) is 23.3 Å². The molecular formula is C19H27N3O3S. The number of nitrogens with zero attached hydrogens (tertiary/aromatic N) is 2. The van der Waals surface area contributed by atoms with Gasteiger partial charge in [-0.15, -0.1) is 0 Å². The summed E-state index contributed by atoms with van der Waals surface area (Å²) in [6, 6.07) is 6.84. The van der Waals surface area contributed by atoms with Crippen LogP contribution in [0.3, 0.4) is 0 Å². The Hall–Kier alpha value is -1.73. The zero-order valence-electron chi connectivity index (χ0n) is 15.3. The number of hydrogen-bond acceptors (Lipinski definition) is 4. The molecule has 1 saturated heterocycles. The van der Waals surface area contributed by atoms with Crippen LogP contribution in [0.1, 0.15) is 50.5 Å². The highest BCUT2D eigenvalue weighted by molar-refractivity contribution is 7.89. The van der Waals surface area contributed by atoms with Crippen molar-refractivity contribution in [1.82, 2.24) is 9.73 Å². The topological polar surface area (TPSA) is 78.8 Å². The maximum Gasteiger partial charge on any atom is 0.244 e. The Kier molecular flexibility index (Phi) is 6.09. The van der Waals surface area contributed by atoms with Crippen LogP contribution in [0.25, 0.3) is 0 Å². The number of carbonyl (C=O) groups excluding carboxylic acids is 1. The summed E-state index contributed by atoms with van der Waals surface area (Å²) in [5, 5.41) is 4.26. The summed E-state index contributed by atoms with van der Waals surface area (Å²) in [6.45, 7) is 2.59. The molecule has 6 nitrogen and oxygen atoms in total. The first kappa shape index (κ1) is 19.0. The van der Waals surface area contributed by atoms with Gasteiger partial charge in [-0.2, -0.15) is 9.41 Å². The maximum absolute atomic E-state index is 12.8. The van der Waals surface area contributed by atoms with Gasteiger partial charge < -0.3 is 0 Å². The molecule has 1 aromatic carbocycles. The van der Waals surface area contributed by atoms with Crippen molar-refractivity contribution in [2.75, 3.05) is 13.1 Å². The van der Waals surface area contributed by atoms with Crippen molar-refractivity contribution in [2.24, 2.45) is 11.0 Å². The molecule has 1 aliphatic carbocycles. The van der Waals surface area contributed by atoms with E-state index in [2.05, 4.69) is 10.5 Å². The van der Waals surface area contributed by atoms with E-state index in [1.54, 1.807) is 24.3 Å². The lowest BCUT2D eigenvalue weighted by Crippen LogP contribution is -2.44. The number of carbonyl (C=O) groups is 1. The van der Waals surface area contributed by atoms with Crippen LogP contribution in [-0.2, 0) is 14.8 Å². The number of aryl methyl sites for hydroxylation is 1. The lowest BCUT2D eigenvalue weighted by molar-refractivity contribution is -0.126. The number of nitrogens with one attached hydrogen (secondary N) is 1. The zero-order valence-corrected chi connectivity index (χ0v) is 16.1. The molecule has 1 heterocycles. The second-order valence-electron chi connectivity index (χ2n) is 7.23. The van der Waals surface area contributed by atoms with Crippen molar-refractivity contribution in [3.05, 3.63) is 29.8 Å². The summed E-state index contributed by atoms with van der Waals surface area (Å²) < 4.78 is 27.1. The number of rotatable bonds is 4. The maximum atomic E-state index is 12.8. The van der Waals surface area contributed by atoms with Crippen LogP contribution >= 0.6 is 0 Å². The van der Waals surface area contributed by atoms with Crippen molar-refractivity contribution in [1.29, 1.82) is 0 Å². The average molecular weight is 378 g/mol. The van der Waals surface area contributed by atoms with Gasteiger partial charge in [0.05, 0.1) is 10.8 Å². The van der Waals surface area contributed by atoms with Crippen LogP contribution in [0.5, 0.6) is 0 Å². The molecule has 1 aliphatic heterocycles. The highest BCUT2D eigenvalue weighted by atomic mass is 32.2. The van der Waals surface area contributed by atoms with Crippen LogP contribution in [0.2, 0.25) is 0 Å². The molecule has 1 amide bonds. The third kappa shape index (κ3) is 4.51. The van der Waals surface area contributed by atoms with Gasteiger partial charge in [-0.05, 0) is 57.6 Å². The minimum Gasteiger partial charge on any atom is -0.273 e. The Morgan fingerprint density at radius 3 is 2.50 bits per heavy atom. The van der Waals surface area contributed by atoms with Gasteiger partial charge in [0.15, 0.2) is 0 Å². The van der Waals surface area contributed by atoms with E-state index in [1.165, 1.54) is 10.7 Å². The molecule has 26 heavy (non-hydrogen) atoms. The minimum absolute atomic E-state index is 0.174. The molecule has 0 unspecified atom stereocenters. The molecule has 0 aromatic heterocycles. The molecular weight excluding hydrogens is 350 g/mol. The SMILES string of the molecule is Cc1ccc(S(=O)(=O)N2CCC[C@H](C(=O)NN=C3CCCCC3)C2)cc1. The first-order valence-corrected chi connectivity index (χ1v) is 10.8. The minimum atomic E-state index is -3.56. The van der Waals surface area contributed by atoms with Gasteiger partial charge in [0.1, 0.15) is 0 Å². The fraction of sp³-hybridized carbons (Fsp3) is 0.579. The molecule has 7 heteroatoms. The van der Waals surface area contributed by atoms with Crippen molar-refractivity contribution in [2.45, 2.75) is 56.8 Å². The Labute approximate surface area is 155 Å². The number of hydrogen-bond donors (Lipinski definition) is 1. The number of amides is 1. The fourth-order valence-electron chi connectivity index (χ4n) is 3.53. The van der Waals surface area contributed by atoms with Gasteiger partial charge in [-0.3, -0.25) is 4.79 Å². The second kappa shape index (κ2) is 8.31. The number of benzene rings is 1. The molecule has 1 saturated carbocycles. The van der Waals surface area contributed by atoms with Crippen LogP contribution in [0.4, 0.5) is 0 Å². The van der Waals surface area contributed by atoms with Gasteiger partial charge >= 0.3 is 0 Å². The molecule has 1 atom stereocenters. The highest BCUT2D eigenvalue weighted by Gasteiger charge is 2.33. The fourth-order valence-corrected chi connectivity index (χ4v) is 5.05. The van der Waals surface area contributed by atoms with E-state index in [9.17, 15) is 13.2 Å². The standard InChI is InChI=1S/C19H27N3O3S/c1-15-9-11-18(12-10-15)26(24,25)22-13-5-6-16(14-22)19(23)21-20-17-7-3-2-4-8-17/h9-12,16H,2-8,13-14H2,1H3,(H,21,23)/t16-/m0/s1. The van der Waals surface area contributed by atoms with E-state index in [4.69, 9.17) is 0 Å². The Morgan fingerprint density at radius 2 is 1.81 bits per heavy atom. The lowest BCUT2D eigenvalue weighted by Gasteiger charge is -2.31. The molecule has 1 aromatic rings. The van der Waals surface area contributed by atoms with Crippen LogP contribution < -0.4 is 5.43 Å². The van der Waals surface area contributed by atoms with Crippen molar-refractivity contribution in [3.63, 3.8) is 0 Å². The molecule has 1 N–H and O–H groups in total. The first-order valence-electron chi connectivity index (χ1n) is 9.39. The molecule has 3 rings (SSSR count). The summed E-state index contributed by atoms with van der Waals surface area (Å²) in [5.74, 6) is -0.524. The van der Waals surface area contributed by atoms with Gasteiger partial charge in [-0.1, -0.05) is 24.1 Å². The predicted molar refractivity (Wildman–Crippen MR) is 101 cm³/mol. The lowest BCUT2D eigenvalue weighted by atomic mass is 9.98. The Bertz CT molecular complexity index is 764. The third-order valence-corrected chi connectivity index (χ3v) is 7.05. The van der Waals surface area contributed by atoms with Crippen LogP contribution in [0.15, 0.2) is 34.3 Å². The molecule has 0 bridgehead atoms. The summed E-state index contributed by atoms with van der Waals surface area (Å²) in [4.78, 5) is 12.7. The summed E-state index contributed by atoms with van der Waals surface area (Å²) in [6.07, 6.45) is 6.73.